The third kappa shape index (κ3) is 3.24. The maximum Gasteiger partial charge on any atom is 0.228 e. The van der Waals surface area contributed by atoms with Crippen LogP contribution in [-0.4, -0.2) is 9.97 Å². The van der Waals surface area contributed by atoms with Crippen molar-refractivity contribution in [3.05, 3.63) is 46.2 Å². The molecule has 0 saturated carbocycles. The van der Waals surface area contributed by atoms with Crippen LogP contribution in [-0.2, 0) is 6.42 Å². The van der Waals surface area contributed by atoms with Crippen LogP contribution in [0.15, 0.2) is 24.3 Å². The summed E-state index contributed by atoms with van der Waals surface area (Å²) in [6.45, 7) is 6.14. The van der Waals surface area contributed by atoms with Gasteiger partial charge in [0, 0.05) is 16.9 Å². The molecule has 0 saturated heterocycles. The maximum atomic E-state index is 6.23. The lowest BCUT2D eigenvalue weighted by molar-refractivity contribution is 0.885. The average molecular weight is 276 g/mol. The molecule has 4 heteroatoms. The number of nitrogens with zero attached hydrogens (tertiary/aromatic N) is 2. The highest BCUT2D eigenvalue weighted by Crippen LogP contribution is 2.23. The van der Waals surface area contributed by atoms with E-state index in [9.17, 15) is 0 Å². The number of anilines is 2. The molecule has 100 valence electrons. The molecule has 3 nitrogen and oxygen atoms in total. The van der Waals surface area contributed by atoms with Crippen molar-refractivity contribution in [1.29, 1.82) is 0 Å². The van der Waals surface area contributed by atoms with Crippen LogP contribution < -0.4 is 5.32 Å². The van der Waals surface area contributed by atoms with E-state index in [2.05, 4.69) is 22.2 Å². The van der Waals surface area contributed by atoms with Gasteiger partial charge in [0.05, 0.1) is 0 Å². The summed E-state index contributed by atoms with van der Waals surface area (Å²) in [7, 11) is 0. The predicted octanol–water partition coefficient (Wildman–Crippen LogP) is 4.44. The van der Waals surface area contributed by atoms with Gasteiger partial charge in [0.25, 0.3) is 0 Å². The lowest BCUT2D eigenvalue weighted by Gasteiger charge is -2.11. The summed E-state index contributed by atoms with van der Waals surface area (Å²) in [4.78, 5) is 8.81. The molecule has 0 spiro atoms. The minimum Gasteiger partial charge on any atom is -0.324 e. The van der Waals surface area contributed by atoms with Crippen LogP contribution in [0.25, 0.3) is 0 Å². The Labute approximate surface area is 119 Å². The number of para-hydroxylation sites is 1. The third-order valence-electron chi connectivity index (χ3n) is 3.05. The molecular formula is C15H18ClN3. The maximum absolute atomic E-state index is 6.23. The van der Waals surface area contributed by atoms with Gasteiger partial charge >= 0.3 is 0 Å². The molecule has 0 fully saturated rings. The monoisotopic (exact) mass is 275 g/mol. The largest absolute Gasteiger partial charge is 0.324 e. The highest BCUT2D eigenvalue weighted by atomic mass is 35.5. The molecule has 0 atom stereocenters. The summed E-state index contributed by atoms with van der Waals surface area (Å²) in [5.74, 6) is 0.552. The number of rotatable bonds is 4. The first-order chi connectivity index (χ1) is 9.11. The molecule has 2 aromatic rings. The number of nitrogens with one attached hydrogen (secondary N) is 1. The second kappa shape index (κ2) is 6.02. The third-order valence-corrected chi connectivity index (χ3v) is 3.37. The van der Waals surface area contributed by atoms with E-state index in [1.54, 1.807) is 0 Å². The molecule has 2 rings (SSSR count). The van der Waals surface area contributed by atoms with Gasteiger partial charge in [0.1, 0.15) is 5.15 Å². The molecular weight excluding hydrogens is 258 g/mol. The van der Waals surface area contributed by atoms with E-state index in [0.717, 1.165) is 35.3 Å². The number of aromatic nitrogens is 2. The second-order valence-electron chi connectivity index (χ2n) is 4.59. The van der Waals surface area contributed by atoms with E-state index in [1.807, 2.05) is 38.1 Å². The van der Waals surface area contributed by atoms with E-state index < -0.39 is 0 Å². The van der Waals surface area contributed by atoms with Gasteiger partial charge in [-0.1, -0.05) is 43.1 Å². The molecule has 1 heterocycles. The standard InChI is InChI=1S/C15H18ClN3/c1-4-7-12-11(3)17-15(19-14(12)16)18-13-9-6-5-8-10(13)2/h5-6,8-9H,4,7H2,1-3H3,(H,17,18,19). The van der Waals surface area contributed by atoms with Crippen LogP contribution in [0.3, 0.4) is 0 Å². The van der Waals surface area contributed by atoms with Crippen molar-refractivity contribution in [3.8, 4) is 0 Å². The molecule has 1 aromatic heterocycles. The van der Waals surface area contributed by atoms with Gasteiger partial charge in [-0.25, -0.2) is 9.97 Å². The van der Waals surface area contributed by atoms with Crippen LogP contribution in [0.2, 0.25) is 5.15 Å². The molecule has 1 N–H and O–H groups in total. The molecule has 19 heavy (non-hydrogen) atoms. The number of aryl methyl sites for hydroxylation is 2. The summed E-state index contributed by atoms with van der Waals surface area (Å²) in [5.41, 5.74) is 4.14. The summed E-state index contributed by atoms with van der Waals surface area (Å²) in [6.07, 6.45) is 1.95. The first kappa shape index (κ1) is 13.8. The summed E-state index contributed by atoms with van der Waals surface area (Å²) in [6, 6.07) is 8.03. The predicted molar refractivity (Wildman–Crippen MR) is 80.2 cm³/mol. The zero-order chi connectivity index (χ0) is 13.8. The Bertz CT molecular complexity index is 558. The minimum absolute atomic E-state index is 0.547. The summed E-state index contributed by atoms with van der Waals surface area (Å²) in [5, 5.41) is 3.76. The summed E-state index contributed by atoms with van der Waals surface area (Å²) < 4.78 is 0. The van der Waals surface area contributed by atoms with E-state index in [-0.39, 0.29) is 0 Å². The molecule has 0 unspecified atom stereocenters. The molecule has 0 aliphatic rings. The molecule has 0 aliphatic heterocycles. The van der Waals surface area contributed by atoms with E-state index in [4.69, 9.17) is 11.6 Å². The topological polar surface area (TPSA) is 37.8 Å². The van der Waals surface area contributed by atoms with Crippen molar-refractivity contribution in [1.82, 2.24) is 9.97 Å². The SMILES string of the molecule is CCCc1c(C)nc(Nc2ccccc2C)nc1Cl. The zero-order valence-electron chi connectivity index (χ0n) is 11.5. The Morgan fingerprint density at radius 1 is 1.16 bits per heavy atom. The fourth-order valence-electron chi connectivity index (χ4n) is 1.98. The Morgan fingerprint density at radius 2 is 1.89 bits per heavy atom. The number of hydrogen-bond donors (Lipinski definition) is 1. The highest BCUT2D eigenvalue weighted by molar-refractivity contribution is 6.30. The Kier molecular flexibility index (Phi) is 4.38. The van der Waals surface area contributed by atoms with E-state index in [1.165, 1.54) is 0 Å². The van der Waals surface area contributed by atoms with Gasteiger partial charge in [0.2, 0.25) is 5.95 Å². The first-order valence-corrected chi connectivity index (χ1v) is 6.85. The quantitative estimate of drug-likeness (QED) is 0.838. The molecule has 0 aliphatic carbocycles. The van der Waals surface area contributed by atoms with Crippen LogP contribution in [0.1, 0.15) is 30.2 Å². The van der Waals surface area contributed by atoms with Gasteiger partial charge in [-0.05, 0) is 31.9 Å². The normalized spacial score (nSPS) is 10.5. The molecule has 1 aromatic carbocycles. The first-order valence-electron chi connectivity index (χ1n) is 6.47. The fraction of sp³-hybridized carbons (Fsp3) is 0.333. The fourth-order valence-corrected chi connectivity index (χ4v) is 2.30. The van der Waals surface area contributed by atoms with Gasteiger partial charge in [-0.3, -0.25) is 0 Å². The van der Waals surface area contributed by atoms with Gasteiger partial charge in [0.15, 0.2) is 0 Å². The van der Waals surface area contributed by atoms with Crippen molar-refractivity contribution >= 4 is 23.2 Å². The van der Waals surface area contributed by atoms with Crippen molar-refractivity contribution in [3.63, 3.8) is 0 Å². The lowest BCUT2D eigenvalue weighted by Crippen LogP contribution is -2.04. The zero-order valence-corrected chi connectivity index (χ0v) is 12.3. The average Bonchev–Trinajstić information content (AvgIpc) is 2.37. The van der Waals surface area contributed by atoms with Crippen molar-refractivity contribution < 1.29 is 0 Å². The van der Waals surface area contributed by atoms with Crippen molar-refractivity contribution in [2.45, 2.75) is 33.6 Å². The van der Waals surface area contributed by atoms with Crippen molar-refractivity contribution in [2.24, 2.45) is 0 Å². The Hall–Kier alpha value is -1.61. The Morgan fingerprint density at radius 3 is 2.53 bits per heavy atom. The lowest BCUT2D eigenvalue weighted by atomic mass is 10.1. The minimum atomic E-state index is 0.547. The molecule has 0 bridgehead atoms. The van der Waals surface area contributed by atoms with E-state index in [0.29, 0.717) is 11.1 Å². The number of halogens is 1. The van der Waals surface area contributed by atoms with Crippen LogP contribution in [0.5, 0.6) is 0 Å². The van der Waals surface area contributed by atoms with Crippen LogP contribution in [0, 0.1) is 13.8 Å². The van der Waals surface area contributed by atoms with Gasteiger partial charge in [-0.2, -0.15) is 0 Å². The summed E-state index contributed by atoms with van der Waals surface area (Å²) >= 11 is 6.23. The number of benzene rings is 1. The van der Waals surface area contributed by atoms with Gasteiger partial charge in [-0.15, -0.1) is 0 Å². The van der Waals surface area contributed by atoms with Crippen molar-refractivity contribution in [2.75, 3.05) is 5.32 Å². The van der Waals surface area contributed by atoms with Crippen LogP contribution in [0.4, 0.5) is 11.6 Å². The highest BCUT2D eigenvalue weighted by Gasteiger charge is 2.09. The Balaban J connectivity index is 2.30. The smallest absolute Gasteiger partial charge is 0.228 e. The number of hydrogen-bond acceptors (Lipinski definition) is 3. The van der Waals surface area contributed by atoms with Crippen LogP contribution >= 0.6 is 11.6 Å². The van der Waals surface area contributed by atoms with E-state index >= 15 is 0 Å². The molecule has 0 radical (unpaired) electrons. The second-order valence-corrected chi connectivity index (χ2v) is 4.95. The van der Waals surface area contributed by atoms with Gasteiger partial charge < -0.3 is 5.32 Å². The molecule has 0 amide bonds.